The van der Waals surface area contributed by atoms with Gasteiger partial charge in [0.15, 0.2) is 0 Å². The Labute approximate surface area is 105 Å². The van der Waals surface area contributed by atoms with Crippen molar-refractivity contribution in [2.75, 3.05) is 5.75 Å². The Morgan fingerprint density at radius 2 is 2.12 bits per heavy atom. The maximum Gasteiger partial charge on any atom is 0.310 e. The van der Waals surface area contributed by atoms with E-state index in [2.05, 4.69) is 18.2 Å². The highest BCUT2D eigenvalue weighted by atomic mass is 32.2. The lowest BCUT2D eigenvalue weighted by molar-refractivity contribution is -0.138. The number of thioether (sulfide) groups is 1. The van der Waals surface area contributed by atoms with Gasteiger partial charge in [-0.3, -0.25) is 4.79 Å². The summed E-state index contributed by atoms with van der Waals surface area (Å²) in [6.07, 6.45) is 6.36. The molecule has 0 radical (unpaired) electrons. The van der Waals surface area contributed by atoms with Crippen molar-refractivity contribution in [3.63, 3.8) is 0 Å². The molecule has 17 heavy (non-hydrogen) atoms. The number of aliphatic carboxylic acids is 1. The maximum absolute atomic E-state index is 10.8. The van der Waals surface area contributed by atoms with Crippen molar-refractivity contribution < 1.29 is 9.90 Å². The number of carbonyl (C=O) groups is 1. The maximum atomic E-state index is 10.8. The Morgan fingerprint density at radius 1 is 1.41 bits per heavy atom. The molecule has 3 heteroatoms. The second kappa shape index (κ2) is 5.23. The minimum Gasteiger partial charge on any atom is -0.481 e. The summed E-state index contributed by atoms with van der Waals surface area (Å²) < 4.78 is 0. The fourth-order valence-electron chi connectivity index (χ4n) is 1.63. The molecule has 0 fully saturated rings. The predicted octanol–water partition coefficient (Wildman–Crippen LogP) is 3.52. The molecule has 0 spiro atoms. The quantitative estimate of drug-likeness (QED) is 0.886. The number of carboxylic acids is 1. The summed E-state index contributed by atoms with van der Waals surface area (Å²) in [6, 6.07) is 7.70. The van der Waals surface area contributed by atoms with Crippen LogP contribution in [0.4, 0.5) is 0 Å². The van der Waals surface area contributed by atoms with Gasteiger partial charge in [-0.2, -0.15) is 0 Å². The van der Waals surface area contributed by atoms with Crippen LogP contribution in [0.15, 0.2) is 41.3 Å². The van der Waals surface area contributed by atoms with Crippen LogP contribution in [0, 0.1) is 0 Å². The Morgan fingerprint density at radius 3 is 2.65 bits per heavy atom. The van der Waals surface area contributed by atoms with Crippen molar-refractivity contribution >= 4 is 23.8 Å². The number of allylic oxidation sites excluding steroid dienone is 1. The topological polar surface area (TPSA) is 37.3 Å². The molecule has 0 saturated carbocycles. The molecular formula is C14H14O2S. The molecule has 88 valence electrons. The average Bonchev–Trinajstić information content (AvgIpc) is 2.82. The van der Waals surface area contributed by atoms with Gasteiger partial charge >= 0.3 is 5.97 Å². The van der Waals surface area contributed by atoms with Crippen LogP contribution in [0.2, 0.25) is 0 Å². The standard InChI is InChI=1S/C14H14O2S/c1-10(14(15)16)12-6-4-11(5-7-12)9-13-3-2-8-17-13/h2-7,9-10H,8H2,1H3,(H,15,16)/t10-/m0/s1. The van der Waals surface area contributed by atoms with Gasteiger partial charge in [-0.15, -0.1) is 11.8 Å². The molecule has 1 N–H and O–H groups in total. The second-order valence-corrected chi connectivity index (χ2v) is 5.08. The first-order valence-corrected chi connectivity index (χ1v) is 6.49. The van der Waals surface area contributed by atoms with Crippen molar-refractivity contribution in [3.05, 3.63) is 52.4 Å². The van der Waals surface area contributed by atoms with E-state index < -0.39 is 11.9 Å². The third-order valence-corrected chi connectivity index (χ3v) is 3.69. The summed E-state index contributed by atoms with van der Waals surface area (Å²) in [7, 11) is 0. The van der Waals surface area contributed by atoms with E-state index >= 15 is 0 Å². The normalized spacial score (nSPS) is 18.5. The Kier molecular flexibility index (Phi) is 3.69. The largest absolute Gasteiger partial charge is 0.481 e. The third-order valence-electron chi connectivity index (χ3n) is 2.74. The van der Waals surface area contributed by atoms with Crippen LogP contribution in [-0.2, 0) is 4.79 Å². The second-order valence-electron chi connectivity index (χ2n) is 3.99. The van der Waals surface area contributed by atoms with Crippen molar-refractivity contribution in [1.29, 1.82) is 0 Å². The van der Waals surface area contributed by atoms with Crippen LogP contribution in [0.3, 0.4) is 0 Å². The monoisotopic (exact) mass is 246 g/mol. The third kappa shape index (κ3) is 3.01. The lowest BCUT2D eigenvalue weighted by Gasteiger charge is -2.06. The molecule has 0 aliphatic carbocycles. The number of hydrogen-bond acceptors (Lipinski definition) is 2. The van der Waals surface area contributed by atoms with Gasteiger partial charge in [-0.05, 0) is 24.1 Å². The van der Waals surface area contributed by atoms with Crippen molar-refractivity contribution in [2.24, 2.45) is 0 Å². The minimum atomic E-state index is -0.787. The van der Waals surface area contributed by atoms with Crippen LogP contribution >= 0.6 is 11.8 Å². The molecule has 1 heterocycles. The SMILES string of the molecule is C[C@H](C(=O)O)c1ccc(C=C2C=CCS2)cc1. The summed E-state index contributed by atoms with van der Waals surface area (Å²) in [5.74, 6) is -0.192. The summed E-state index contributed by atoms with van der Waals surface area (Å²) in [4.78, 5) is 12.1. The van der Waals surface area contributed by atoms with Gasteiger partial charge in [0.05, 0.1) is 5.92 Å². The molecule has 0 bridgehead atoms. The molecule has 2 rings (SSSR count). The molecule has 0 saturated heterocycles. The summed E-state index contributed by atoms with van der Waals surface area (Å²) in [5.41, 5.74) is 1.95. The van der Waals surface area contributed by atoms with E-state index in [4.69, 9.17) is 5.11 Å². The lowest BCUT2D eigenvalue weighted by atomic mass is 10.00. The zero-order valence-corrected chi connectivity index (χ0v) is 10.4. The van der Waals surface area contributed by atoms with E-state index in [0.29, 0.717) is 0 Å². The number of rotatable bonds is 3. The fourth-order valence-corrected chi connectivity index (χ4v) is 2.43. The zero-order valence-electron chi connectivity index (χ0n) is 9.59. The Balaban J connectivity index is 2.15. The first-order valence-electron chi connectivity index (χ1n) is 5.50. The summed E-state index contributed by atoms with van der Waals surface area (Å²) >= 11 is 1.81. The van der Waals surface area contributed by atoms with Gasteiger partial charge in [0.25, 0.3) is 0 Å². The fraction of sp³-hybridized carbons (Fsp3) is 0.214. The molecular weight excluding hydrogens is 232 g/mol. The predicted molar refractivity (Wildman–Crippen MR) is 72.1 cm³/mol. The van der Waals surface area contributed by atoms with Crippen LogP contribution in [-0.4, -0.2) is 16.8 Å². The van der Waals surface area contributed by atoms with Gasteiger partial charge in [-0.1, -0.05) is 36.4 Å². The first-order chi connectivity index (χ1) is 8.16. The molecule has 1 aromatic carbocycles. The molecule has 1 atom stereocenters. The van der Waals surface area contributed by atoms with Crippen molar-refractivity contribution in [3.8, 4) is 0 Å². The van der Waals surface area contributed by atoms with Crippen LogP contribution in [0.5, 0.6) is 0 Å². The van der Waals surface area contributed by atoms with Crippen LogP contribution in [0.25, 0.3) is 6.08 Å². The van der Waals surface area contributed by atoms with Gasteiger partial charge in [0, 0.05) is 10.7 Å². The lowest BCUT2D eigenvalue weighted by Crippen LogP contribution is -2.06. The van der Waals surface area contributed by atoms with E-state index in [1.807, 2.05) is 36.0 Å². The molecule has 0 amide bonds. The van der Waals surface area contributed by atoms with Crippen molar-refractivity contribution in [2.45, 2.75) is 12.8 Å². The highest BCUT2D eigenvalue weighted by Gasteiger charge is 2.12. The van der Waals surface area contributed by atoms with Gasteiger partial charge in [-0.25, -0.2) is 0 Å². The Bertz CT molecular complexity index is 472. The minimum absolute atomic E-state index is 0.447. The van der Waals surface area contributed by atoms with Crippen molar-refractivity contribution in [1.82, 2.24) is 0 Å². The average molecular weight is 246 g/mol. The van der Waals surface area contributed by atoms with E-state index in [0.717, 1.165) is 16.9 Å². The molecule has 1 aliphatic rings. The molecule has 2 nitrogen and oxygen atoms in total. The van der Waals surface area contributed by atoms with Crippen LogP contribution < -0.4 is 0 Å². The molecule has 1 aliphatic heterocycles. The highest BCUT2D eigenvalue weighted by Crippen LogP contribution is 2.26. The van der Waals surface area contributed by atoms with E-state index in [-0.39, 0.29) is 0 Å². The first kappa shape index (κ1) is 12.0. The summed E-state index contributed by atoms with van der Waals surface area (Å²) in [6.45, 7) is 1.70. The van der Waals surface area contributed by atoms with E-state index in [1.54, 1.807) is 6.92 Å². The Hall–Kier alpha value is -1.48. The number of carboxylic acid groups (broad SMARTS) is 1. The number of hydrogen-bond donors (Lipinski definition) is 1. The smallest absolute Gasteiger partial charge is 0.310 e. The van der Waals surface area contributed by atoms with Crippen LogP contribution in [0.1, 0.15) is 24.0 Å². The summed E-state index contributed by atoms with van der Waals surface area (Å²) in [5, 5.41) is 8.91. The molecule has 0 aromatic heterocycles. The molecule has 1 aromatic rings. The van der Waals surface area contributed by atoms with E-state index in [1.165, 1.54) is 4.91 Å². The van der Waals surface area contributed by atoms with Gasteiger partial charge in [0.1, 0.15) is 0 Å². The zero-order chi connectivity index (χ0) is 12.3. The van der Waals surface area contributed by atoms with Gasteiger partial charge in [0.2, 0.25) is 0 Å². The van der Waals surface area contributed by atoms with Gasteiger partial charge < -0.3 is 5.11 Å². The molecule has 0 unspecified atom stereocenters. The van der Waals surface area contributed by atoms with E-state index in [9.17, 15) is 4.79 Å². The highest BCUT2D eigenvalue weighted by molar-refractivity contribution is 8.03. The number of benzene rings is 1.